The zero-order valence-corrected chi connectivity index (χ0v) is 6.59. The third-order valence-corrected chi connectivity index (χ3v) is 1.62. The molecule has 0 aliphatic carbocycles. The highest BCUT2D eigenvalue weighted by Gasteiger charge is 1.98. The van der Waals surface area contributed by atoms with Gasteiger partial charge in [0.25, 0.3) is 0 Å². The van der Waals surface area contributed by atoms with Gasteiger partial charge in [0.2, 0.25) is 0 Å². The van der Waals surface area contributed by atoms with Crippen LogP contribution >= 0.6 is 0 Å². The van der Waals surface area contributed by atoms with E-state index in [-0.39, 0.29) is 0 Å². The van der Waals surface area contributed by atoms with Crippen LogP contribution in [0.3, 0.4) is 0 Å². The summed E-state index contributed by atoms with van der Waals surface area (Å²) in [6.07, 6.45) is 0. The second kappa shape index (κ2) is 2.84. The lowest BCUT2D eigenvalue weighted by Crippen LogP contribution is -2.40. The minimum Gasteiger partial charge on any atom is -0.325 e. The summed E-state index contributed by atoms with van der Waals surface area (Å²) in [7, 11) is 0. The van der Waals surface area contributed by atoms with E-state index in [1.165, 1.54) is 5.56 Å². The van der Waals surface area contributed by atoms with Crippen molar-refractivity contribution < 1.29 is 5.73 Å². The number of hydrogen-bond acceptors (Lipinski definition) is 0. The minimum absolute atomic E-state index is 0.613. The maximum Gasteiger partial charge on any atom is 0.128 e. The van der Waals surface area contributed by atoms with Crippen LogP contribution in [0, 0.1) is 0 Å². The van der Waals surface area contributed by atoms with E-state index >= 15 is 0 Å². The molecule has 1 heteroatoms. The average molecular weight is 136 g/mol. The highest BCUT2D eigenvalue weighted by molar-refractivity contribution is 5.33. The van der Waals surface area contributed by atoms with Gasteiger partial charge in [-0.25, -0.2) is 0 Å². The molecule has 1 rings (SSSR count). The molecule has 0 spiro atoms. The molecule has 0 unspecified atom stereocenters. The van der Waals surface area contributed by atoms with Crippen LogP contribution in [0.2, 0.25) is 0 Å². The summed E-state index contributed by atoms with van der Waals surface area (Å²) in [6, 6.07) is 8.34. The topological polar surface area (TPSA) is 27.6 Å². The fraction of sp³-hybridized carbons (Fsp3) is 0.333. The van der Waals surface area contributed by atoms with E-state index in [2.05, 4.69) is 37.8 Å². The Morgan fingerprint density at radius 1 is 1.30 bits per heavy atom. The van der Waals surface area contributed by atoms with Crippen molar-refractivity contribution in [2.75, 3.05) is 0 Å². The molecule has 0 saturated carbocycles. The molecule has 0 fully saturated rings. The van der Waals surface area contributed by atoms with Crippen molar-refractivity contribution in [3.8, 4) is 0 Å². The van der Waals surface area contributed by atoms with Gasteiger partial charge in [-0.3, -0.25) is 0 Å². The first kappa shape index (κ1) is 7.29. The van der Waals surface area contributed by atoms with Crippen LogP contribution < -0.4 is 5.73 Å². The molecule has 10 heavy (non-hydrogen) atoms. The summed E-state index contributed by atoms with van der Waals surface area (Å²) in [5.41, 5.74) is 6.33. The molecule has 1 aromatic carbocycles. The standard InChI is InChI=1S/C9H13N/c1-7(2)8-4-3-5-9(10)6-8/h3-7H,10H2,1-2H3/p+1. The van der Waals surface area contributed by atoms with Crippen LogP contribution in [0.4, 0.5) is 5.69 Å². The first-order chi connectivity index (χ1) is 4.70. The van der Waals surface area contributed by atoms with E-state index in [4.69, 9.17) is 0 Å². The molecule has 0 saturated heterocycles. The van der Waals surface area contributed by atoms with Gasteiger partial charge in [-0.2, -0.15) is 0 Å². The van der Waals surface area contributed by atoms with Crippen molar-refractivity contribution in [1.29, 1.82) is 0 Å². The summed E-state index contributed by atoms with van der Waals surface area (Å²) in [6.45, 7) is 4.38. The molecule has 0 bridgehead atoms. The van der Waals surface area contributed by atoms with Crippen LogP contribution in [0.25, 0.3) is 0 Å². The molecule has 0 heterocycles. The normalized spacial score (nSPS) is 10.4. The molecule has 0 aliphatic rings. The zero-order valence-electron chi connectivity index (χ0n) is 6.59. The van der Waals surface area contributed by atoms with E-state index in [0.717, 1.165) is 5.69 Å². The first-order valence-electron chi connectivity index (χ1n) is 3.62. The molecule has 0 atom stereocenters. The van der Waals surface area contributed by atoms with Gasteiger partial charge in [0.15, 0.2) is 0 Å². The SMILES string of the molecule is CC(C)c1cccc([NH3+])c1. The van der Waals surface area contributed by atoms with Crippen molar-refractivity contribution in [2.45, 2.75) is 19.8 Å². The Morgan fingerprint density at radius 3 is 2.40 bits per heavy atom. The molecule has 0 amide bonds. The Bertz CT molecular complexity index is 216. The highest BCUT2D eigenvalue weighted by atomic mass is 14.5. The predicted molar refractivity (Wildman–Crippen MR) is 43.1 cm³/mol. The molecule has 0 aromatic heterocycles. The molecule has 0 radical (unpaired) electrons. The smallest absolute Gasteiger partial charge is 0.128 e. The molecule has 54 valence electrons. The van der Waals surface area contributed by atoms with Crippen molar-refractivity contribution in [3.63, 3.8) is 0 Å². The number of rotatable bonds is 1. The molecular weight excluding hydrogens is 122 g/mol. The van der Waals surface area contributed by atoms with Gasteiger partial charge in [-0.15, -0.1) is 0 Å². The fourth-order valence-electron chi connectivity index (χ4n) is 0.952. The Balaban J connectivity index is 2.96. The molecular formula is C9H14N+. The van der Waals surface area contributed by atoms with Gasteiger partial charge < -0.3 is 5.73 Å². The van der Waals surface area contributed by atoms with Gasteiger partial charge in [0, 0.05) is 6.07 Å². The lowest BCUT2D eigenvalue weighted by atomic mass is 10.0. The van der Waals surface area contributed by atoms with E-state index < -0.39 is 0 Å². The molecule has 0 aliphatic heterocycles. The van der Waals surface area contributed by atoms with Gasteiger partial charge in [-0.1, -0.05) is 26.0 Å². The second-order valence-corrected chi connectivity index (χ2v) is 2.90. The van der Waals surface area contributed by atoms with E-state index in [1.807, 2.05) is 6.07 Å². The average Bonchev–Trinajstić information content (AvgIpc) is 1.88. The number of quaternary nitrogens is 1. The van der Waals surface area contributed by atoms with Crippen LogP contribution in [0.15, 0.2) is 24.3 Å². The van der Waals surface area contributed by atoms with Crippen LogP contribution in [-0.2, 0) is 0 Å². The summed E-state index contributed by atoms with van der Waals surface area (Å²) >= 11 is 0. The van der Waals surface area contributed by atoms with Crippen molar-refractivity contribution in [1.82, 2.24) is 0 Å². The van der Waals surface area contributed by atoms with Gasteiger partial charge in [0.1, 0.15) is 5.69 Å². The van der Waals surface area contributed by atoms with E-state index in [9.17, 15) is 0 Å². The lowest BCUT2D eigenvalue weighted by Gasteiger charge is -2.02. The lowest BCUT2D eigenvalue weighted by molar-refractivity contribution is -0.254. The third kappa shape index (κ3) is 1.58. The number of benzene rings is 1. The Hall–Kier alpha value is -0.820. The fourth-order valence-corrected chi connectivity index (χ4v) is 0.952. The highest BCUT2D eigenvalue weighted by Crippen LogP contribution is 2.15. The van der Waals surface area contributed by atoms with Crippen LogP contribution in [0.5, 0.6) is 0 Å². The summed E-state index contributed by atoms with van der Waals surface area (Å²) in [5, 5.41) is 0. The summed E-state index contributed by atoms with van der Waals surface area (Å²) < 4.78 is 0. The third-order valence-electron chi connectivity index (χ3n) is 1.62. The Labute approximate surface area is 61.9 Å². The van der Waals surface area contributed by atoms with Gasteiger partial charge in [-0.05, 0) is 17.5 Å². The summed E-state index contributed by atoms with van der Waals surface area (Å²) in [5.74, 6) is 0.613. The van der Waals surface area contributed by atoms with Gasteiger partial charge >= 0.3 is 0 Å². The van der Waals surface area contributed by atoms with Crippen LogP contribution in [0.1, 0.15) is 25.3 Å². The summed E-state index contributed by atoms with van der Waals surface area (Å²) in [4.78, 5) is 0. The van der Waals surface area contributed by atoms with Crippen molar-refractivity contribution in [3.05, 3.63) is 29.8 Å². The van der Waals surface area contributed by atoms with E-state index in [1.54, 1.807) is 0 Å². The monoisotopic (exact) mass is 136 g/mol. The maximum absolute atomic E-state index is 3.86. The largest absolute Gasteiger partial charge is 0.325 e. The first-order valence-corrected chi connectivity index (χ1v) is 3.62. The Kier molecular flexibility index (Phi) is 2.07. The maximum atomic E-state index is 3.86. The van der Waals surface area contributed by atoms with Crippen LogP contribution in [-0.4, -0.2) is 0 Å². The predicted octanol–water partition coefficient (Wildman–Crippen LogP) is 1.68. The van der Waals surface area contributed by atoms with E-state index in [0.29, 0.717) is 5.92 Å². The van der Waals surface area contributed by atoms with Crippen molar-refractivity contribution >= 4 is 5.69 Å². The van der Waals surface area contributed by atoms with Gasteiger partial charge in [0.05, 0.1) is 0 Å². The number of hydrogen-bond donors (Lipinski definition) is 1. The van der Waals surface area contributed by atoms with Crippen molar-refractivity contribution in [2.24, 2.45) is 0 Å². The minimum atomic E-state index is 0.613. The second-order valence-electron chi connectivity index (χ2n) is 2.90. The quantitative estimate of drug-likeness (QED) is 0.608. The molecule has 1 aromatic rings. The molecule has 3 N–H and O–H groups in total. The zero-order chi connectivity index (χ0) is 7.56. The Morgan fingerprint density at radius 2 is 2.00 bits per heavy atom. The molecule has 1 nitrogen and oxygen atoms in total.